The molecule has 22 heavy (non-hydrogen) atoms. The first-order valence-electron chi connectivity index (χ1n) is 7.38. The molecule has 0 aliphatic heterocycles. The van der Waals surface area contributed by atoms with E-state index in [0.717, 1.165) is 40.7 Å². The van der Waals surface area contributed by atoms with Crippen LogP contribution in [0.2, 0.25) is 5.02 Å². The summed E-state index contributed by atoms with van der Waals surface area (Å²) in [6.07, 6.45) is 0.123. The van der Waals surface area contributed by atoms with Gasteiger partial charge in [0, 0.05) is 18.1 Å². The fourth-order valence-electron chi connectivity index (χ4n) is 2.16. The molecular weight excluding hydrogens is 298 g/mol. The van der Waals surface area contributed by atoms with E-state index in [2.05, 4.69) is 5.32 Å². The smallest absolute Gasteiger partial charge is 0.161 e. The average molecular weight is 320 g/mol. The highest BCUT2D eigenvalue weighted by Gasteiger charge is 2.07. The zero-order chi connectivity index (χ0) is 15.9. The molecule has 0 spiro atoms. The summed E-state index contributed by atoms with van der Waals surface area (Å²) in [5.41, 5.74) is 2.23. The van der Waals surface area contributed by atoms with Gasteiger partial charge in [-0.1, -0.05) is 35.9 Å². The molecule has 0 saturated carbocycles. The van der Waals surface area contributed by atoms with Crippen LogP contribution in [0.1, 0.15) is 25.0 Å². The molecule has 2 aromatic carbocycles. The van der Waals surface area contributed by atoms with Gasteiger partial charge in [0.2, 0.25) is 0 Å². The predicted octanol–water partition coefficient (Wildman–Crippen LogP) is 4.43. The van der Waals surface area contributed by atoms with Gasteiger partial charge in [0.25, 0.3) is 0 Å². The molecule has 0 heterocycles. The van der Waals surface area contributed by atoms with Crippen LogP contribution in [-0.4, -0.2) is 13.2 Å². The van der Waals surface area contributed by atoms with Crippen LogP contribution >= 0.6 is 11.6 Å². The Bertz CT molecular complexity index is 614. The first kappa shape index (κ1) is 16.7. The third-order valence-corrected chi connectivity index (χ3v) is 3.56. The van der Waals surface area contributed by atoms with Crippen molar-refractivity contribution in [3.8, 4) is 11.5 Å². The molecule has 0 aliphatic carbocycles. The third kappa shape index (κ3) is 4.65. The third-order valence-electron chi connectivity index (χ3n) is 3.19. The molecule has 0 unspecified atom stereocenters. The average Bonchev–Trinajstić information content (AvgIpc) is 2.50. The van der Waals surface area contributed by atoms with E-state index < -0.39 is 0 Å². The second-order valence-corrected chi connectivity index (χ2v) is 5.75. The Morgan fingerprint density at radius 2 is 1.82 bits per heavy atom. The molecule has 3 nitrogen and oxygen atoms in total. The molecule has 0 aromatic heterocycles. The Morgan fingerprint density at radius 3 is 2.50 bits per heavy atom. The SMILES string of the molecule is COc1cc(CNCc2ccccc2Cl)ccc1OC(C)C. The van der Waals surface area contributed by atoms with Crippen molar-refractivity contribution >= 4 is 11.6 Å². The Labute approximate surface area is 137 Å². The van der Waals surface area contributed by atoms with Crippen molar-refractivity contribution in [3.05, 3.63) is 58.6 Å². The lowest BCUT2D eigenvalue weighted by molar-refractivity contribution is 0.230. The maximum absolute atomic E-state index is 6.15. The van der Waals surface area contributed by atoms with Crippen molar-refractivity contribution < 1.29 is 9.47 Å². The summed E-state index contributed by atoms with van der Waals surface area (Å²) >= 11 is 6.15. The van der Waals surface area contributed by atoms with Gasteiger partial charge in [-0.25, -0.2) is 0 Å². The van der Waals surface area contributed by atoms with Crippen molar-refractivity contribution in [1.82, 2.24) is 5.32 Å². The summed E-state index contributed by atoms with van der Waals surface area (Å²) in [7, 11) is 1.66. The van der Waals surface area contributed by atoms with Crippen LogP contribution < -0.4 is 14.8 Å². The zero-order valence-electron chi connectivity index (χ0n) is 13.2. The molecule has 0 atom stereocenters. The van der Waals surface area contributed by atoms with E-state index in [-0.39, 0.29) is 6.10 Å². The van der Waals surface area contributed by atoms with Crippen molar-refractivity contribution in [3.63, 3.8) is 0 Å². The van der Waals surface area contributed by atoms with Gasteiger partial charge in [-0.05, 0) is 43.2 Å². The largest absolute Gasteiger partial charge is 0.493 e. The van der Waals surface area contributed by atoms with E-state index in [9.17, 15) is 0 Å². The number of benzene rings is 2. The lowest BCUT2D eigenvalue weighted by Crippen LogP contribution is -2.13. The van der Waals surface area contributed by atoms with Gasteiger partial charge in [0.1, 0.15) is 0 Å². The maximum atomic E-state index is 6.15. The summed E-state index contributed by atoms with van der Waals surface area (Å²) in [6.45, 7) is 5.47. The number of hydrogen-bond acceptors (Lipinski definition) is 3. The van der Waals surface area contributed by atoms with E-state index in [4.69, 9.17) is 21.1 Å². The van der Waals surface area contributed by atoms with E-state index in [1.807, 2.05) is 56.3 Å². The zero-order valence-corrected chi connectivity index (χ0v) is 14.0. The summed E-state index contributed by atoms with van der Waals surface area (Å²) < 4.78 is 11.1. The quantitative estimate of drug-likeness (QED) is 0.819. The van der Waals surface area contributed by atoms with Crippen molar-refractivity contribution in [2.24, 2.45) is 0 Å². The highest BCUT2D eigenvalue weighted by molar-refractivity contribution is 6.31. The number of methoxy groups -OCH3 is 1. The molecule has 0 fully saturated rings. The molecule has 1 N–H and O–H groups in total. The monoisotopic (exact) mass is 319 g/mol. The second-order valence-electron chi connectivity index (χ2n) is 5.35. The minimum absolute atomic E-state index is 0.123. The van der Waals surface area contributed by atoms with Gasteiger partial charge < -0.3 is 14.8 Å². The van der Waals surface area contributed by atoms with Crippen LogP contribution in [0.4, 0.5) is 0 Å². The lowest BCUT2D eigenvalue weighted by atomic mass is 10.2. The van der Waals surface area contributed by atoms with E-state index in [1.54, 1.807) is 7.11 Å². The topological polar surface area (TPSA) is 30.5 Å². The lowest BCUT2D eigenvalue weighted by Gasteiger charge is -2.15. The minimum atomic E-state index is 0.123. The number of rotatable bonds is 7. The number of hydrogen-bond donors (Lipinski definition) is 1. The van der Waals surface area contributed by atoms with Gasteiger partial charge in [0.05, 0.1) is 13.2 Å². The molecule has 2 aromatic rings. The predicted molar refractivity (Wildman–Crippen MR) is 90.8 cm³/mol. The Morgan fingerprint density at radius 1 is 1.05 bits per heavy atom. The second kappa shape index (κ2) is 8.06. The van der Waals surface area contributed by atoms with Gasteiger partial charge >= 0.3 is 0 Å². The number of ether oxygens (including phenoxy) is 2. The first-order chi connectivity index (χ1) is 10.6. The van der Waals surface area contributed by atoms with Crippen LogP contribution in [-0.2, 0) is 13.1 Å². The van der Waals surface area contributed by atoms with Crippen molar-refractivity contribution in [2.75, 3.05) is 7.11 Å². The summed E-state index contributed by atoms with van der Waals surface area (Å²) in [6, 6.07) is 13.8. The van der Waals surface area contributed by atoms with Crippen LogP contribution in [0.3, 0.4) is 0 Å². The molecular formula is C18H22ClNO2. The Hall–Kier alpha value is -1.71. The molecule has 2 rings (SSSR count). The fourth-order valence-corrected chi connectivity index (χ4v) is 2.36. The van der Waals surface area contributed by atoms with Crippen LogP contribution in [0.15, 0.2) is 42.5 Å². The molecule has 0 saturated heterocycles. The standard InChI is InChI=1S/C18H22ClNO2/c1-13(2)22-17-9-8-14(10-18(17)21-3)11-20-12-15-6-4-5-7-16(15)19/h4-10,13,20H,11-12H2,1-3H3. The number of nitrogens with one attached hydrogen (secondary N) is 1. The van der Waals surface area contributed by atoms with Gasteiger partial charge in [-0.2, -0.15) is 0 Å². The van der Waals surface area contributed by atoms with Crippen molar-refractivity contribution in [2.45, 2.75) is 33.0 Å². The summed E-state index contributed by atoms with van der Waals surface area (Å²) in [5.74, 6) is 1.53. The van der Waals surface area contributed by atoms with E-state index in [0.29, 0.717) is 0 Å². The number of halogens is 1. The molecule has 118 valence electrons. The summed E-state index contributed by atoms with van der Waals surface area (Å²) in [5, 5.41) is 4.17. The Balaban J connectivity index is 1.97. The molecule has 0 bridgehead atoms. The van der Waals surface area contributed by atoms with Gasteiger partial charge in [-0.3, -0.25) is 0 Å². The first-order valence-corrected chi connectivity index (χ1v) is 7.75. The minimum Gasteiger partial charge on any atom is -0.493 e. The fraction of sp³-hybridized carbons (Fsp3) is 0.333. The van der Waals surface area contributed by atoms with Gasteiger partial charge in [0.15, 0.2) is 11.5 Å². The van der Waals surface area contributed by atoms with E-state index in [1.165, 1.54) is 0 Å². The summed E-state index contributed by atoms with van der Waals surface area (Å²) in [4.78, 5) is 0. The molecule has 4 heteroatoms. The highest BCUT2D eigenvalue weighted by Crippen LogP contribution is 2.29. The normalized spacial score (nSPS) is 10.8. The maximum Gasteiger partial charge on any atom is 0.161 e. The van der Waals surface area contributed by atoms with Gasteiger partial charge in [-0.15, -0.1) is 0 Å². The van der Waals surface area contributed by atoms with Crippen LogP contribution in [0, 0.1) is 0 Å². The Kier molecular flexibility index (Phi) is 6.10. The molecule has 0 amide bonds. The van der Waals surface area contributed by atoms with E-state index >= 15 is 0 Å². The molecule has 0 aliphatic rings. The molecule has 0 radical (unpaired) electrons. The highest BCUT2D eigenvalue weighted by atomic mass is 35.5. The van der Waals surface area contributed by atoms with Crippen molar-refractivity contribution in [1.29, 1.82) is 0 Å². The van der Waals surface area contributed by atoms with Crippen LogP contribution in [0.5, 0.6) is 11.5 Å². The van der Waals surface area contributed by atoms with Crippen LogP contribution in [0.25, 0.3) is 0 Å².